The van der Waals surface area contributed by atoms with E-state index < -0.39 is 0 Å². The summed E-state index contributed by atoms with van der Waals surface area (Å²) in [7, 11) is 0. The van der Waals surface area contributed by atoms with Gasteiger partial charge in [0.2, 0.25) is 0 Å². The first-order chi connectivity index (χ1) is 8.21. The maximum absolute atomic E-state index is 8.87. The predicted molar refractivity (Wildman–Crippen MR) is 70.4 cm³/mol. The van der Waals surface area contributed by atoms with E-state index in [1.54, 1.807) is 18.2 Å². The molecule has 0 atom stereocenters. The van der Waals surface area contributed by atoms with Crippen molar-refractivity contribution in [3.05, 3.63) is 29.3 Å². The van der Waals surface area contributed by atoms with Gasteiger partial charge in [-0.2, -0.15) is 10.5 Å². The number of nitrogens with one attached hydrogen (secondary N) is 2. The highest BCUT2D eigenvalue weighted by atomic mass is 32.1. The molecular formula is C12H12N4S. The van der Waals surface area contributed by atoms with Crippen LogP contribution in [0.3, 0.4) is 0 Å². The van der Waals surface area contributed by atoms with E-state index in [0.717, 1.165) is 13.0 Å². The maximum Gasteiger partial charge on any atom is 0.170 e. The molecule has 0 aliphatic carbocycles. The molecule has 1 aromatic rings. The van der Waals surface area contributed by atoms with Crippen molar-refractivity contribution >= 4 is 23.0 Å². The van der Waals surface area contributed by atoms with Gasteiger partial charge in [0.1, 0.15) is 12.1 Å². The third-order valence-corrected chi connectivity index (χ3v) is 2.30. The largest absolute Gasteiger partial charge is 0.362 e. The lowest BCUT2D eigenvalue weighted by Gasteiger charge is -2.09. The second-order valence-electron chi connectivity index (χ2n) is 3.36. The Morgan fingerprint density at radius 1 is 1.29 bits per heavy atom. The molecule has 0 aromatic heterocycles. The van der Waals surface area contributed by atoms with Gasteiger partial charge >= 0.3 is 0 Å². The number of rotatable bonds is 3. The smallest absolute Gasteiger partial charge is 0.170 e. The molecule has 0 saturated carbocycles. The molecule has 0 radical (unpaired) electrons. The minimum absolute atomic E-state index is 0.343. The zero-order valence-electron chi connectivity index (χ0n) is 9.45. The summed E-state index contributed by atoms with van der Waals surface area (Å²) in [6.07, 6.45) is 0.985. The number of benzene rings is 1. The van der Waals surface area contributed by atoms with Crippen LogP contribution in [0.1, 0.15) is 24.5 Å². The fraction of sp³-hybridized carbons (Fsp3) is 0.250. The normalized spacial score (nSPS) is 8.88. The van der Waals surface area contributed by atoms with E-state index in [1.165, 1.54) is 0 Å². The fourth-order valence-electron chi connectivity index (χ4n) is 1.23. The van der Waals surface area contributed by atoms with Gasteiger partial charge in [0.15, 0.2) is 5.11 Å². The molecule has 2 N–H and O–H groups in total. The van der Waals surface area contributed by atoms with E-state index in [0.29, 0.717) is 21.9 Å². The second-order valence-corrected chi connectivity index (χ2v) is 3.77. The van der Waals surface area contributed by atoms with Crippen LogP contribution in [-0.2, 0) is 0 Å². The Morgan fingerprint density at radius 2 is 2.00 bits per heavy atom. The first-order valence-corrected chi connectivity index (χ1v) is 5.61. The number of nitrogens with zero attached hydrogens (tertiary/aromatic N) is 2. The summed E-state index contributed by atoms with van der Waals surface area (Å²) in [6.45, 7) is 2.85. The molecule has 17 heavy (non-hydrogen) atoms. The van der Waals surface area contributed by atoms with Crippen molar-refractivity contribution in [1.82, 2.24) is 5.32 Å². The minimum Gasteiger partial charge on any atom is -0.362 e. The lowest BCUT2D eigenvalue weighted by atomic mass is 10.1. The monoisotopic (exact) mass is 244 g/mol. The molecule has 0 bridgehead atoms. The maximum atomic E-state index is 8.87. The van der Waals surface area contributed by atoms with E-state index in [-0.39, 0.29) is 0 Å². The topological polar surface area (TPSA) is 71.6 Å². The van der Waals surface area contributed by atoms with Crippen molar-refractivity contribution in [3.63, 3.8) is 0 Å². The number of anilines is 1. The molecule has 5 heteroatoms. The number of nitriles is 2. The van der Waals surface area contributed by atoms with Crippen LogP contribution in [-0.4, -0.2) is 11.7 Å². The Hall–Kier alpha value is -2.11. The zero-order valence-corrected chi connectivity index (χ0v) is 10.3. The fourth-order valence-corrected chi connectivity index (χ4v) is 1.45. The van der Waals surface area contributed by atoms with Gasteiger partial charge in [0.05, 0.1) is 11.1 Å². The molecule has 0 aliphatic rings. The Bertz CT molecular complexity index is 496. The first-order valence-electron chi connectivity index (χ1n) is 5.20. The molecule has 0 fully saturated rings. The zero-order chi connectivity index (χ0) is 12.7. The molecule has 86 valence electrons. The van der Waals surface area contributed by atoms with E-state index in [2.05, 4.69) is 10.6 Å². The third kappa shape index (κ3) is 3.75. The lowest BCUT2D eigenvalue weighted by Crippen LogP contribution is -2.28. The number of hydrogen-bond acceptors (Lipinski definition) is 3. The van der Waals surface area contributed by atoms with E-state index in [1.807, 2.05) is 19.1 Å². The molecule has 0 unspecified atom stereocenters. The summed E-state index contributed by atoms with van der Waals surface area (Å²) >= 11 is 5.07. The Labute approximate surface area is 106 Å². The van der Waals surface area contributed by atoms with Crippen molar-refractivity contribution in [2.45, 2.75) is 13.3 Å². The van der Waals surface area contributed by atoms with Crippen LogP contribution < -0.4 is 10.6 Å². The van der Waals surface area contributed by atoms with Gasteiger partial charge in [-0.05, 0) is 36.8 Å². The second kappa shape index (κ2) is 6.47. The molecule has 1 rings (SSSR count). The Balaban J connectivity index is 2.77. The Morgan fingerprint density at radius 3 is 2.59 bits per heavy atom. The van der Waals surface area contributed by atoms with Crippen LogP contribution >= 0.6 is 12.2 Å². The number of thiocarbonyl (C=S) groups is 1. The molecule has 4 nitrogen and oxygen atoms in total. The van der Waals surface area contributed by atoms with Gasteiger partial charge in [0, 0.05) is 12.2 Å². The Kier molecular flexibility index (Phi) is 4.93. The molecule has 0 spiro atoms. The molecule has 0 aliphatic heterocycles. The van der Waals surface area contributed by atoms with E-state index in [4.69, 9.17) is 22.7 Å². The molecule has 0 saturated heterocycles. The van der Waals surface area contributed by atoms with Crippen molar-refractivity contribution < 1.29 is 0 Å². The summed E-state index contributed by atoms with van der Waals surface area (Å²) < 4.78 is 0. The standard InChI is InChI=1S/C12H12N4S/c1-2-5-15-12(17)16-11-4-3-9(7-13)10(6-11)8-14/h3-4,6H,2,5H2,1H3,(H2,15,16,17). The van der Waals surface area contributed by atoms with Crippen molar-refractivity contribution in [2.24, 2.45) is 0 Å². The highest BCUT2D eigenvalue weighted by molar-refractivity contribution is 7.80. The summed E-state index contributed by atoms with van der Waals surface area (Å²) in [5.74, 6) is 0. The summed E-state index contributed by atoms with van der Waals surface area (Å²) in [4.78, 5) is 0. The van der Waals surface area contributed by atoms with Crippen LogP contribution in [0.25, 0.3) is 0 Å². The number of hydrogen-bond donors (Lipinski definition) is 2. The quantitative estimate of drug-likeness (QED) is 0.797. The van der Waals surface area contributed by atoms with Crippen LogP contribution in [0.2, 0.25) is 0 Å². The van der Waals surface area contributed by atoms with Crippen molar-refractivity contribution in [3.8, 4) is 12.1 Å². The summed E-state index contributed by atoms with van der Waals surface area (Å²) in [6, 6.07) is 8.87. The van der Waals surface area contributed by atoms with Crippen LogP contribution in [0.15, 0.2) is 18.2 Å². The third-order valence-electron chi connectivity index (χ3n) is 2.05. The molecule has 0 heterocycles. The molecular weight excluding hydrogens is 232 g/mol. The molecule has 1 aromatic carbocycles. The van der Waals surface area contributed by atoms with Crippen LogP contribution in [0.5, 0.6) is 0 Å². The van der Waals surface area contributed by atoms with Gasteiger partial charge in [-0.15, -0.1) is 0 Å². The van der Waals surface area contributed by atoms with E-state index in [9.17, 15) is 0 Å². The highest BCUT2D eigenvalue weighted by Gasteiger charge is 2.03. The van der Waals surface area contributed by atoms with Gasteiger partial charge in [0.25, 0.3) is 0 Å². The predicted octanol–water partition coefficient (Wildman–Crippen LogP) is 2.13. The first kappa shape index (κ1) is 13.0. The average molecular weight is 244 g/mol. The van der Waals surface area contributed by atoms with Gasteiger partial charge in [-0.1, -0.05) is 6.92 Å². The highest BCUT2D eigenvalue weighted by Crippen LogP contribution is 2.14. The van der Waals surface area contributed by atoms with Gasteiger partial charge < -0.3 is 10.6 Å². The summed E-state index contributed by atoms with van der Waals surface area (Å²) in [5, 5.41) is 24.1. The van der Waals surface area contributed by atoms with E-state index >= 15 is 0 Å². The van der Waals surface area contributed by atoms with Crippen molar-refractivity contribution in [2.75, 3.05) is 11.9 Å². The summed E-state index contributed by atoms with van der Waals surface area (Å²) in [5.41, 5.74) is 1.41. The minimum atomic E-state index is 0.343. The SMILES string of the molecule is CCCNC(=S)Nc1ccc(C#N)c(C#N)c1. The van der Waals surface area contributed by atoms with Gasteiger partial charge in [-0.25, -0.2) is 0 Å². The lowest BCUT2D eigenvalue weighted by molar-refractivity contribution is 0.846. The van der Waals surface area contributed by atoms with Gasteiger partial charge in [-0.3, -0.25) is 0 Å². The van der Waals surface area contributed by atoms with Crippen LogP contribution in [0, 0.1) is 22.7 Å². The van der Waals surface area contributed by atoms with Crippen molar-refractivity contribution in [1.29, 1.82) is 10.5 Å². The van der Waals surface area contributed by atoms with Crippen LogP contribution in [0.4, 0.5) is 5.69 Å². The average Bonchev–Trinajstić information content (AvgIpc) is 2.36. The molecule has 0 amide bonds.